The maximum absolute atomic E-state index is 13.1. The molecule has 8 nitrogen and oxygen atoms in total. The van der Waals surface area contributed by atoms with E-state index in [1.165, 1.54) is 0 Å². The number of H-pyrrole nitrogens is 1. The van der Waals surface area contributed by atoms with Crippen molar-refractivity contribution >= 4 is 35.1 Å². The highest BCUT2D eigenvalue weighted by Crippen LogP contribution is 2.29. The average molecular weight is 625 g/mol. The Kier molecular flexibility index (Phi) is 11.5. The van der Waals surface area contributed by atoms with E-state index in [4.69, 9.17) is 32.7 Å². The van der Waals surface area contributed by atoms with Gasteiger partial charge in [-0.3, -0.25) is 4.79 Å². The summed E-state index contributed by atoms with van der Waals surface area (Å²) in [4.78, 5) is 33.1. The number of halogens is 2. The number of benzene rings is 3. The molecule has 43 heavy (non-hydrogen) atoms. The number of unbranched alkanes of at least 4 members (excludes halogenated alkanes) is 1. The summed E-state index contributed by atoms with van der Waals surface area (Å²) in [5, 5.41) is 13.9. The molecule has 4 aromatic rings. The molecule has 3 N–H and O–H groups in total. The van der Waals surface area contributed by atoms with Crippen molar-refractivity contribution < 1.29 is 24.2 Å². The Labute approximate surface area is 261 Å². The third-order valence-electron chi connectivity index (χ3n) is 7.01. The fraction of sp³-hybridized carbons (Fsp3) is 0.303. The van der Waals surface area contributed by atoms with Gasteiger partial charge in [-0.15, -0.1) is 0 Å². The summed E-state index contributed by atoms with van der Waals surface area (Å²) in [7, 11) is 1.62. The lowest BCUT2D eigenvalue weighted by Gasteiger charge is -2.20. The monoisotopic (exact) mass is 623 g/mol. The number of methoxy groups -OCH3 is 1. The predicted molar refractivity (Wildman–Crippen MR) is 168 cm³/mol. The van der Waals surface area contributed by atoms with Gasteiger partial charge in [-0.05, 0) is 66.8 Å². The zero-order valence-corrected chi connectivity index (χ0v) is 25.7. The van der Waals surface area contributed by atoms with Crippen molar-refractivity contribution in [2.75, 3.05) is 13.7 Å². The first-order valence-corrected chi connectivity index (χ1v) is 14.9. The summed E-state index contributed by atoms with van der Waals surface area (Å²) in [5.41, 5.74) is 3.35. The fourth-order valence-corrected chi connectivity index (χ4v) is 4.92. The largest absolute Gasteiger partial charge is 0.497 e. The standard InChI is InChI=1S/C33H35Cl2N3O5/c1-3-4-16-43-30-15-11-22(17-25(30)33(40)41)28(38-32(39)7-5-6-21-8-12-24(42-2)13-9-21)19-31-36-20-29(37-31)23-10-14-26(34)27(35)18-23/h8-15,17-18,20,28H,3-7,16,19H2,1-2H3,(H,36,37)(H,38,39)(H,40,41). The number of hydrogen-bond acceptors (Lipinski definition) is 5. The van der Waals surface area contributed by atoms with Gasteiger partial charge in [-0.25, -0.2) is 9.78 Å². The molecule has 0 aliphatic heterocycles. The topological polar surface area (TPSA) is 114 Å². The van der Waals surface area contributed by atoms with Crippen LogP contribution in [0.4, 0.5) is 0 Å². The number of carboxylic acids is 1. The number of carbonyl (C=O) groups is 2. The number of aryl methyl sites for hydroxylation is 1. The summed E-state index contributed by atoms with van der Waals surface area (Å²) in [6.45, 7) is 2.46. The van der Waals surface area contributed by atoms with E-state index < -0.39 is 12.0 Å². The van der Waals surface area contributed by atoms with Crippen molar-refractivity contribution in [1.29, 1.82) is 0 Å². The Morgan fingerprint density at radius 3 is 2.51 bits per heavy atom. The molecule has 10 heteroatoms. The van der Waals surface area contributed by atoms with Gasteiger partial charge < -0.3 is 24.9 Å². The summed E-state index contributed by atoms with van der Waals surface area (Å²) >= 11 is 12.3. The average Bonchev–Trinajstić information content (AvgIpc) is 3.47. The molecule has 4 rings (SSSR count). The summed E-state index contributed by atoms with van der Waals surface area (Å²) in [5.74, 6) is 0.457. The first-order valence-electron chi connectivity index (χ1n) is 14.2. The van der Waals surface area contributed by atoms with Crippen LogP contribution < -0.4 is 14.8 Å². The maximum atomic E-state index is 13.1. The minimum atomic E-state index is -1.10. The molecule has 0 fully saturated rings. The summed E-state index contributed by atoms with van der Waals surface area (Å²) in [6.07, 6.45) is 5.43. The number of rotatable bonds is 15. The lowest BCUT2D eigenvalue weighted by atomic mass is 9.99. The van der Waals surface area contributed by atoms with Crippen LogP contribution in [0.3, 0.4) is 0 Å². The normalized spacial score (nSPS) is 11.6. The van der Waals surface area contributed by atoms with E-state index in [-0.39, 0.29) is 11.5 Å². The number of nitrogens with zero attached hydrogens (tertiary/aromatic N) is 1. The maximum Gasteiger partial charge on any atom is 0.339 e. The van der Waals surface area contributed by atoms with Crippen molar-refractivity contribution in [3.05, 3.63) is 99.4 Å². The lowest BCUT2D eigenvalue weighted by molar-refractivity contribution is -0.121. The molecule has 1 aromatic heterocycles. The van der Waals surface area contributed by atoms with Gasteiger partial charge in [0.25, 0.3) is 0 Å². The van der Waals surface area contributed by atoms with Gasteiger partial charge in [-0.2, -0.15) is 0 Å². The molecule has 1 atom stereocenters. The van der Waals surface area contributed by atoms with E-state index in [1.54, 1.807) is 43.6 Å². The van der Waals surface area contributed by atoms with Gasteiger partial charge in [-0.1, -0.05) is 60.8 Å². The number of ether oxygens (including phenoxy) is 2. The summed E-state index contributed by atoms with van der Waals surface area (Å²) < 4.78 is 10.9. The van der Waals surface area contributed by atoms with E-state index >= 15 is 0 Å². The quantitative estimate of drug-likeness (QED) is 0.117. The Morgan fingerprint density at radius 2 is 1.81 bits per heavy atom. The number of aromatic carboxylic acids is 1. The molecular weight excluding hydrogens is 589 g/mol. The Bertz CT molecular complexity index is 1540. The number of carbonyl (C=O) groups excluding carboxylic acids is 1. The van der Waals surface area contributed by atoms with E-state index in [2.05, 4.69) is 15.3 Å². The van der Waals surface area contributed by atoms with Gasteiger partial charge in [0.15, 0.2) is 0 Å². The van der Waals surface area contributed by atoms with E-state index in [0.717, 1.165) is 41.8 Å². The van der Waals surface area contributed by atoms with Crippen molar-refractivity contribution in [2.24, 2.45) is 0 Å². The number of hydrogen-bond donors (Lipinski definition) is 3. The highest BCUT2D eigenvalue weighted by Gasteiger charge is 2.21. The molecular formula is C33H35Cl2N3O5. The third-order valence-corrected chi connectivity index (χ3v) is 7.75. The molecule has 1 amide bonds. The van der Waals surface area contributed by atoms with Crippen LogP contribution in [0.25, 0.3) is 11.3 Å². The Morgan fingerprint density at radius 1 is 1.02 bits per heavy atom. The van der Waals surface area contributed by atoms with Crippen LogP contribution in [0.5, 0.6) is 11.5 Å². The van der Waals surface area contributed by atoms with Crippen molar-refractivity contribution in [3.63, 3.8) is 0 Å². The highest BCUT2D eigenvalue weighted by molar-refractivity contribution is 6.42. The first-order chi connectivity index (χ1) is 20.8. The van der Waals surface area contributed by atoms with Gasteiger partial charge in [0.1, 0.15) is 22.9 Å². The zero-order chi connectivity index (χ0) is 30.8. The minimum absolute atomic E-state index is 0.0447. The zero-order valence-electron chi connectivity index (χ0n) is 24.2. The van der Waals surface area contributed by atoms with Crippen LogP contribution in [-0.4, -0.2) is 40.7 Å². The van der Waals surface area contributed by atoms with Gasteiger partial charge in [0.05, 0.1) is 41.7 Å². The van der Waals surface area contributed by atoms with Gasteiger partial charge in [0, 0.05) is 18.4 Å². The Balaban J connectivity index is 1.53. The second-order valence-electron chi connectivity index (χ2n) is 10.2. The van der Waals surface area contributed by atoms with Crippen LogP contribution in [0.15, 0.2) is 66.9 Å². The third kappa shape index (κ3) is 8.99. The van der Waals surface area contributed by atoms with E-state index in [1.807, 2.05) is 37.3 Å². The fourth-order valence-electron chi connectivity index (χ4n) is 4.62. The molecule has 0 saturated carbocycles. The summed E-state index contributed by atoms with van der Waals surface area (Å²) in [6, 6.07) is 17.5. The van der Waals surface area contributed by atoms with Crippen LogP contribution in [0, 0.1) is 0 Å². The van der Waals surface area contributed by atoms with Crippen LogP contribution >= 0.6 is 23.2 Å². The predicted octanol–water partition coefficient (Wildman–Crippen LogP) is 7.69. The number of imidazole rings is 1. The molecule has 226 valence electrons. The number of nitrogens with one attached hydrogen (secondary N) is 2. The van der Waals surface area contributed by atoms with Gasteiger partial charge in [0.2, 0.25) is 5.91 Å². The van der Waals surface area contributed by atoms with Crippen molar-refractivity contribution in [2.45, 2.75) is 51.5 Å². The number of amides is 1. The molecule has 0 saturated heterocycles. The molecule has 0 bridgehead atoms. The molecule has 0 aliphatic carbocycles. The molecule has 3 aromatic carbocycles. The molecule has 0 aliphatic rings. The van der Waals surface area contributed by atoms with Crippen LogP contribution in [0.2, 0.25) is 10.0 Å². The smallest absolute Gasteiger partial charge is 0.339 e. The molecule has 0 radical (unpaired) electrons. The first kappa shape index (κ1) is 31.9. The number of aromatic amines is 1. The SMILES string of the molecule is CCCCOc1ccc(C(Cc2ncc(-c3ccc(Cl)c(Cl)c3)[nH]2)NC(=O)CCCc2ccc(OC)cc2)cc1C(=O)O. The second kappa shape index (κ2) is 15.5. The number of carboxylic acid groups (broad SMARTS) is 1. The lowest BCUT2D eigenvalue weighted by Crippen LogP contribution is -2.30. The van der Waals surface area contributed by atoms with Crippen LogP contribution in [-0.2, 0) is 17.6 Å². The highest BCUT2D eigenvalue weighted by atomic mass is 35.5. The molecule has 0 spiro atoms. The number of aromatic nitrogens is 2. The second-order valence-corrected chi connectivity index (χ2v) is 11.0. The minimum Gasteiger partial charge on any atom is -0.497 e. The van der Waals surface area contributed by atoms with Crippen LogP contribution in [0.1, 0.15) is 66.0 Å². The van der Waals surface area contributed by atoms with Gasteiger partial charge >= 0.3 is 5.97 Å². The molecule has 1 heterocycles. The van der Waals surface area contributed by atoms with Crippen molar-refractivity contribution in [1.82, 2.24) is 15.3 Å². The van der Waals surface area contributed by atoms with E-state index in [9.17, 15) is 14.7 Å². The van der Waals surface area contributed by atoms with E-state index in [0.29, 0.717) is 53.1 Å². The Hall–Kier alpha value is -4.01. The molecule has 1 unspecified atom stereocenters. The van der Waals surface area contributed by atoms with Crippen molar-refractivity contribution in [3.8, 4) is 22.8 Å².